The predicted octanol–water partition coefficient (Wildman–Crippen LogP) is 2.12. The molecule has 1 aromatic rings. The van der Waals surface area contributed by atoms with Gasteiger partial charge in [-0.3, -0.25) is 0 Å². The molecule has 18 heavy (non-hydrogen) atoms. The van der Waals surface area contributed by atoms with Crippen LogP contribution in [0.4, 0.5) is 5.69 Å². The first kappa shape index (κ1) is 14.6. The Bertz CT molecular complexity index is 436. The van der Waals surface area contributed by atoms with Gasteiger partial charge in [-0.25, -0.2) is 4.79 Å². The van der Waals surface area contributed by atoms with Gasteiger partial charge in [0.15, 0.2) is 0 Å². The van der Waals surface area contributed by atoms with Crippen LogP contribution in [0.3, 0.4) is 0 Å². The second-order valence-electron chi connectivity index (χ2n) is 3.75. The minimum Gasteiger partial charge on any atom is -0.496 e. The Labute approximate surface area is 111 Å². The van der Waals surface area contributed by atoms with Gasteiger partial charge in [-0.1, -0.05) is 11.6 Å². The highest BCUT2D eigenvalue weighted by Crippen LogP contribution is 2.29. The third kappa shape index (κ3) is 3.51. The van der Waals surface area contributed by atoms with Crippen LogP contribution >= 0.6 is 11.6 Å². The zero-order valence-electron chi connectivity index (χ0n) is 10.5. The van der Waals surface area contributed by atoms with Gasteiger partial charge >= 0.3 is 5.97 Å². The van der Waals surface area contributed by atoms with Crippen molar-refractivity contribution in [3.8, 4) is 5.75 Å². The van der Waals surface area contributed by atoms with Gasteiger partial charge < -0.3 is 19.9 Å². The van der Waals surface area contributed by atoms with Crippen molar-refractivity contribution in [3.05, 3.63) is 22.7 Å². The minimum atomic E-state index is -0.529. The van der Waals surface area contributed by atoms with Gasteiger partial charge in [0.2, 0.25) is 0 Å². The molecule has 100 valence electrons. The van der Waals surface area contributed by atoms with Crippen LogP contribution in [-0.2, 0) is 9.47 Å². The average molecular weight is 274 g/mol. The van der Waals surface area contributed by atoms with Crippen LogP contribution in [0.15, 0.2) is 12.1 Å². The molecule has 0 fully saturated rings. The lowest BCUT2D eigenvalue weighted by Crippen LogP contribution is -2.20. The van der Waals surface area contributed by atoms with Crippen molar-refractivity contribution in [2.45, 2.75) is 13.0 Å². The van der Waals surface area contributed by atoms with Crippen molar-refractivity contribution >= 4 is 23.3 Å². The molecule has 6 heteroatoms. The second kappa shape index (κ2) is 6.47. The zero-order chi connectivity index (χ0) is 13.7. The number of anilines is 1. The maximum atomic E-state index is 11.9. The van der Waals surface area contributed by atoms with E-state index in [1.165, 1.54) is 26.4 Å². The maximum Gasteiger partial charge on any atom is 0.342 e. The molecule has 5 nitrogen and oxygen atoms in total. The second-order valence-corrected chi connectivity index (χ2v) is 4.15. The highest BCUT2D eigenvalue weighted by molar-refractivity contribution is 6.33. The molecule has 0 aromatic heterocycles. The Kier molecular flexibility index (Phi) is 5.25. The van der Waals surface area contributed by atoms with Crippen molar-refractivity contribution in [2.75, 3.05) is 26.6 Å². The summed E-state index contributed by atoms with van der Waals surface area (Å²) in [6.07, 6.45) is -0.358. The first-order valence-corrected chi connectivity index (χ1v) is 5.70. The number of hydrogen-bond acceptors (Lipinski definition) is 5. The highest BCUT2D eigenvalue weighted by Gasteiger charge is 2.18. The number of esters is 1. The summed E-state index contributed by atoms with van der Waals surface area (Å²) < 4.78 is 15.1. The van der Waals surface area contributed by atoms with Crippen LogP contribution in [-0.4, -0.2) is 32.9 Å². The fourth-order valence-electron chi connectivity index (χ4n) is 1.41. The predicted molar refractivity (Wildman–Crippen MR) is 69.2 cm³/mol. The summed E-state index contributed by atoms with van der Waals surface area (Å²) >= 11 is 5.87. The minimum absolute atomic E-state index is 0.236. The summed E-state index contributed by atoms with van der Waals surface area (Å²) in [5.41, 5.74) is 6.21. The number of rotatable bonds is 5. The van der Waals surface area contributed by atoms with Gasteiger partial charge in [0.1, 0.15) is 17.4 Å². The van der Waals surface area contributed by atoms with E-state index in [0.717, 1.165) is 0 Å². The number of nitrogens with two attached hydrogens (primary N) is 1. The zero-order valence-corrected chi connectivity index (χ0v) is 11.3. The monoisotopic (exact) mass is 273 g/mol. The van der Waals surface area contributed by atoms with E-state index >= 15 is 0 Å². The Morgan fingerprint density at radius 1 is 1.44 bits per heavy atom. The number of carbonyl (C=O) groups is 1. The summed E-state index contributed by atoms with van der Waals surface area (Å²) in [5, 5.41) is 0.280. The first-order valence-electron chi connectivity index (χ1n) is 5.32. The maximum absolute atomic E-state index is 11.9. The molecular weight excluding hydrogens is 258 g/mol. The Morgan fingerprint density at radius 3 is 2.67 bits per heavy atom. The molecule has 0 amide bonds. The molecule has 0 spiro atoms. The first-order chi connectivity index (χ1) is 8.49. The molecule has 0 heterocycles. The van der Waals surface area contributed by atoms with Gasteiger partial charge in [-0.15, -0.1) is 0 Å². The molecular formula is C12H16ClNO4. The van der Waals surface area contributed by atoms with Gasteiger partial charge in [0.25, 0.3) is 0 Å². The van der Waals surface area contributed by atoms with Crippen molar-refractivity contribution < 1.29 is 19.0 Å². The number of hydrogen-bond donors (Lipinski definition) is 1. The summed E-state index contributed by atoms with van der Waals surface area (Å²) in [5.74, 6) is -0.204. The lowest BCUT2D eigenvalue weighted by Gasteiger charge is -2.14. The molecule has 0 bridgehead atoms. The van der Waals surface area contributed by atoms with E-state index < -0.39 is 5.97 Å². The molecule has 2 N–H and O–H groups in total. The highest BCUT2D eigenvalue weighted by atomic mass is 35.5. The number of carbonyl (C=O) groups excluding carboxylic acids is 1. The van der Waals surface area contributed by atoms with Crippen LogP contribution in [0, 0.1) is 0 Å². The Hall–Kier alpha value is -1.46. The van der Waals surface area contributed by atoms with Crippen molar-refractivity contribution in [2.24, 2.45) is 0 Å². The molecule has 0 saturated carbocycles. The van der Waals surface area contributed by atoms with Gasteiger partial charge in [-0.05, 0) is 13.0 Å². The molecule has 1 rings (SSSR count). The summed E-state index contributed by atoms with van der Waals surface area (Å²) in [6, 6.07) is 2.91. The quantitative estimate of drug-likeness (QED) is 0.657. The van der Waals surface area contributed by atoms with Crippen LogP contribution in [0.5, 0.6) is 5.75 Å². The van der Waals surface area contributed by atoms with Crippen molar-refractivity contribution in [1.29, 1.82) is 0 Å². The summed E-state index contributed by atoms with van der Waals surface area (Å²) in [7, 11) is 2.98. The smallest absolute Gasteiger partial charge is 0.342 e. The Morgan fingerprint density at radius 2 is 2.11 bits per heavy atom. The van der Waals surface area contributed by atoms with Crippen molar-refractivity contribution in [1.82, 2.24) is 0 Å². The van der Waals surface area contributed by atoms with Crippen LogP contribution in [0.1, 0.15) is 17.3 Å². The lowest BCUT2D eigenvalue weighted by atomic mass is 10.2. The molecule has 1 unspecified atom stereocenters. The molecule has 1 atom stereocenters. The van der Waals surface area contributed by atoms with E-state index in [1.54, 1.807) is 6.92 Å². The van der Waals surface area contributed by atoms with Crippen molar-refractivity contribution in [3.63, 3.8) is 0 Å². The largest absolute Gasteiger partial charge is 0.496 e. The van der Waals surface area contributed by atoms with E-state index in [1.807, 2.05) is 0 Å². The third-order valence-electron chi connectivity index (χ3n) is 2.25. The number of benzene rings is 1. The molecule has 1 aromatic carbocycles. The fraction of sp³-hybridized carbons (Fsp3) is 0.417. The van der Waals surface area contributed by atoms with Crippen LogP contribution < -0.4 is 10.5 Å². The van der Waals surface area contributed by atoms with Gasteiger partial charge in [-0.2, -0.15) is 0 Å². The number of nitrogen functional groups attached to an aromatic ring is 1. The van der Waals surface area contributed by atoms with E-state index in [0.29, 0.717) is 18.0 Å². The number of methoxy groups -OCH3 is 2. The van der Waals surface area contributed by atoms with Crippen LogP contribution in [0.2, 0.25) is 5.02 Å². The number of halogens is 1. The van der Waals surface area contributed by atoms with E-state index in [9.17, 15) is 4.79 Å². The van der Waals surface area contributed by atoms with Crippen LogP contribution in [0.25, 0.3) is 0 Å². The molecule has 0 aliphatic rings. The molecule has 0 radical (unpaired) electrons. The summed E-state index contributed by atoms with van der Waals surface area (Å²) in [6.45, 7) is 2.05. The van der Waals surface area contributed by atoms with E-state index in [-0.39, 0.29) is 16.7 Å². The van der Waals surface area contributed by atoms with Gasteiger partial charge in [0.05, 0.1) is 24.4 Å². The van der Waals surface area contributed by atoms with E-state index in [2.05, 4.69) is 0 Å². The normalized spacial score (nSPS) is 12.0. The molecule has 0 aliphatic heterocycles. The standard InChI is InChI=1S/C12H16ClNO4/c1-7(6-16-2)18-12(15)8-4-9(13)10(14)5-11(8)17-3/h4-5,7H,6,14H2,1-3H3. The van der Waals surface area contributed by atoms with E-state index in [4.69, 9.17) is 31.5 Å². The van der Waals surface area contributed by atoms with Gasteiger partial charge in [0, 0.05) is 13.2 Å². The summed E-state index contributed by atoms with van der Waals surface area (Å²) in [4.78, 5) is 11.9. The SMILES string of the molecule is COCC(C)OC(=O)c1cc(Cl)c(N)cc1OC. The molecule has 0 saturated heterocycles. The number of ether oxygens (including phenoxy) is 3. The molecule has 0 aliphatic carbocycles. The Balaban J connectivity index is 2.94. The topological polar surface area (TPSA) is 70.8 Å². The average Bonchev–Trinajstić information content (AvgIpc) is 2.32. The third-order valence-corrected chi connectivity index (χ3v) is 2.58. The lowest BCUT2D eigenvalue weighted by molar-refractivity contribution is 0.0117. The fourth-order valence-corrected chi connectivity index (χ4v) is 1.58.